The fraction of sp³-hybridized carbons (Fsp3) is 0.500. The number of carboxylic acids is 1. The van der Waals surface area contributed by atoms with Crippen molar-refractivity contribution in [2.24, 2.45) is 5.92 Å². The topological polar surface area (TPSA) is 58.6 Å². The van der Waals surface area contributed by atoms with Crippen LogP contribution in [0.25, 0.3) is 0 Å². The Labute approximate surface area is 108 Å². The Kier molecular flexibility index (Phi) is 5.16. The zero-order valence-corrected chi connectivity index (χ0v) is 11.4. The molecule has 1 unspecified atom stereocenters. The molecule has 0 saturated carbocycles. The highest BCUT2D eigenvalue weighted by molar-refractivity contribution is 5.89. The van der Waals surface area contributed by atoms with Gasteiger partial charge in [0.15, 0.2) is 0 Å². The number of hydrogen-bond acceptors (Lipinski definition) is 3. The first-order valence-corrected chi connectivity index (χ1v) is 6.05. The van der Waals surface area contributed by atoms with Crippen LogP contribution in [0.1, 0.15) is 29.8 Å². The summed E-state index contributed by atoms with van der Waals surface area (Å²) in [6, 6.07) is 5.26. The molecule has 1 aromatic rings. The van der Waals surface area contributed by atoms with Crippen LogP contribution in [0.4, 0.5) is 5.69 Å². The van der Waals surface area contributed by atoms with Gasteiger partial charge in [-0.1, -0.05) is 19.9 Å². The predicted molar refractivity (Wildman–Crippen MR) is 72.3 cm³/mol. The minimum atomic E-state index is -0.911. The number of rotatable bonds is 6. The molecule has 0 aliphatic heterocycles. The lowest BCUT2D eigenvalue weighted by Gasteiger charge is -2.24. The van der Waals surface area contributed by atoms with Crippen molar-refractivity contribution in [1.82, 2.24) is 0 Å². The maximum absolute atomic E-state index is 11.0. The van der Waals surface area contributed by atoms with Gasteiger partial charge in [-0.2, -0.15) is 0 Å². The van der Waals surface area contributed by atoms with E-state index in [9.17, 15) is 4.79 Å². The van der Waals surface area contributed by atoms with E-state index in [1.165, 1.54) is 0 Å². The Morgan fingerprint density at radius 2 is 2.11 bits per heavy atom. The third-order valence-corrected chi connectivity index (χ3v) is 2.98. The molecule has 0 aliphatic rings. The molecule has 0 aromatic heterocycles. The summed E-state index contributed by atoms with van der Waals surface area (Å²) in [5.41, 5.74) is 2.18. The molecule has 0 fully saturated rings. The van der Waals surface area contributed by atoms with Gasteiger partial charge in [-0.3, -0.25) is 0 Å². The van der Waals surface area contributed by atoms with E-state index in [1.807, 2.05) is 13.0 Å². The Morgan fingerprint density at radius 3 is 2.61 bits per heavy atom. The first kappa shape index (κ1) is 14.5. The Balaban J connectivity index is 2.93. The second-order valence-electron chi connectivity index (χ2n) is 4.79. The summed E-state index contributed by atoms with van der Waals surface area (Å²) < 4.78 is 5.18. The highest BCUT2D eigenvalue weighted by Gasteiger charge is 2.15. The number of anilines is 1. The van der Waals surface area contributed by atoms with Gasteiger partial charge in [0.25, 0.3) is 0 Å². The van der Waals surface area contributed by atoms with Crippen LogP contribution in [0.3, 0.4) is 0 Å². The molecule has 100 valence electrons. The smallest absolute Gasteiger partial charge is 0.335 e. The van der Waals surface area contributed by atoms with Gasteiger partial charge in [0.05, 0.1) is 18.2 Å². The quantitative estimate of drug-likeness (QED) is 0.816. The normalized spacial score (nSPS) is 12.5. The van der Waals surface area contributed by atoms with Crippen LogP contribution in [0, 0.1) is 12.8 Å². The van der Waals surface area contributed by atoms with E-state index in [0.29, 0.717) is 18.1 Å². The highest BCUT2D eigenvalue weighted by Crippen LogP contribution is 2.20. The van der Waals surface area contributed by atoms with Gasteiger partial charge in [-0.15, -0.1) is 0 Å². The molecule has 1 rings (SSSR count). The maximum atomic E-state index is 11.0. The van der Waals surface area contributed by atoms with Gasteiger partial charge >= 0.3 is 5.97 Å². The molecular formula is C14H21NO3. The largest absolute Gasteiger partial charge is 0.478 e. The molecule has 1 aromatic carbocycles. The summed E-state index contributed by atoms with van der Waals surface area (Å²) in [5, 5.41) is 12.3. The molecule has 4 nitrogen and oxygen atoms in total. The Morgan fingerprint density at radius 1 is 1.44 bits per heavy atom. The second kappa shape index (κ2) is 6.40. The van der Waals surface area contributed by atoms with E-state index >= 15 is 0 Å². The molecule has 0 radical (unpaired) electrons. The minimum Gasteiger partial charge on any atom is -0.478 e. The first-order chi connectivity index (χ1) is 8.45. The van der Waals surface area contributed by atoms with E-state index in [0.717, 1.165) is 11.3 Å². The van der Waals surface area contributed by atoms with Gasteiger partial charge < -0.3 is 15.2 Å². The molecule has 0 amide bonds. The van der Waals surface area contributed by atoms with Gasteiger partial charge in [-0.25, -0.2) is 4.79 Å². The summed E-state index contributed by atoms with van der Waals surface area (Å²) in [5.74, 6) is -0.510. The molecule has 0 spiro atoms. The SMILES string of the molecule is COCC(Nc1cc(C(=O)O)ccc1C)C(C)C. The molecule has 0 aliphatic carbocycles. The lowest BCUT2D eigenvalue weighted by molar-refractivity contribution is 0.0697. The average molecular weight is 251 g/mol. The summed E-state index contributed by atoms with van der Waals surface area (Å²) in [6.45, 7) is 6.76. The number of benzene rings is 1. The number of carbonyl (C=O) groups is 1. The number of aryl methyl sites for hydroxylation is 1. The molecule has 1 atom stereocenters. The number of methoxy groups -OCH3 is 1. The lowest BCUT2D eigenvalue weighted by atomic mass is 10.0. The van der Waals surface area contributed by atoms with Crippen LogP contribution >= 0.6 is 0 Å². The third-order valence-electron chi connectivity index (χ3n) is 2.98. The van der Waals surface area contributed by atoms with Gasteiger partial charge in [0, 0.05) is 12.8 Å². The van der Waals surface area contributed by atoms with Crippen molar-refractivity contribution < 1.29 is 14.6 Å². The highest BCUT2D eigenvalue weighted by atomic mass is 16.5. The number of carboxylic acid groups (broad SMARTS) is 1. The number of nitrogens with one attached hydrogen (secondary N) is 1. The molecule has 0 saturated heterocycles. The summed E-state index contributed by atoms with van der Waals surface area (Å²) in [7, 11) is 1.66. The van der Waals surface area contributed by atoms with Crippen LogP contribution in [0.2, 0.25) is 0 Å². The predicted octanol–water partition coefficient (Wildman–Crippen LogP) is 2.78. The van der Waals surface area contributed by atoms with Crippen molar-refractivity contribution in [3.8, 4) is 0 Å². The fourth-order valence-electron chi connectivity index (χ4n) is 1.69. The van der Waals surface area contributed by atoms with E-state index in [4.69, 9.17) is 9.84 Å². The van der Waals surface area contributed by atoms with Crippen LogP contribution in [-0.4, -0.2) is 30.8 Å². The van der Waals surface area contributed by atoms with Crippen molar-refractivity contribution in [2.45, 2.75) is 26.8 Å². The Hall–Kier alpha value is -1.55. The van der Waals surface area contributed by atoms with Crippen molar-refractivity contribution >= 4 is 11.7 Å². The van der Waals surface area contributed by atoms with Crippen LogP contribution in [-0.2, 0) is 4.74 Å². The van der Waals surface area contributed by atoms with Crippen molar-refractivity contribution in [1.29, 1.82) is 0 Å². The molecular weight excluding hydrogens is 230 g/mol. The van der Waals surface area contributed by atoms with Crippen LogP contribution in [0.5, 0.6) is 0 Å². The van der Waals surface area contributed by atoms with Crippen LogP contribution < -0.4 is 5.32 Å². The van der Waals surface area contributed by atoms with Crippen molar-refractivity contribution in [2.75, 3.05) is 19.0 Å². The fourth-order valence-corrected chi connectivity index (χ4v) is 1.69. The van der Waals surface area contributed by atoms with E-state index in [1.54, 1.807) is 19.2 Å². The first-order valence-electron chi connectivity index (χ1n) is 6.05. The van der Waals surface area contributed by atoms with Gasteiger partial charge in [-0.05, 0) is 30.5 Å². The maximum Gasteiger partial charge on any atom is 0.335 e. The van der Waals surface area contributed by atoms with Crippen LogP contribution in [0.15, 0.2) is 18.2 Å². The summed E-state index contributed by atoms with van der Waals surface area (Å²) >= 11 is 0. The van der Waals surface area contributed by atoms with Crippen molar-refractivity contribution in [3.63, 3.8) is 0 Å². The summed E-state index contributed by atoms with van der Waals surface area (Å²) in [6.07, 6.45) is 0. The van der Waals surface area contributed by atoms with E-state index in [-0.39, 0.29) is 6.04 Å². The zero-order valence-electron chi connectivity index (χ0n) is 11.4. The van der Waals surface area contributed by atoms with E-state index < -0.39 is 5.97 Å². The van der Waals surface area contributed by atoms with E-state index in [2.05, 4.69) is 19.2 Å². The minimum absolute atomic E-state index is 0.165. The molecule has 0 heterocycles. The monoisotopic (exact) mass is 251 g/mol. The molecule has 18 heavy (non-hydrogen) atoms. The average Bonchev–Trinajstić information content (AvgIpc) is 2.30. The Bertz CT molecular complexity index is 416. The third kappa shape index (κ3) is 3.74. The number of hydrogen-bond donors (Lipinski definition) is 2. The van der Waals surface area contributed by atoms with Gasteiger partial charge in [0.1, 0.15) is 0 Å². The lowest BCUT2D eigenvalue weighted by Crippen LogP contribution is -2.30. The molecule has 4 heteroatoms. The van der Waals surface area contributed by atoms with Gasteiger partial charge in [0.2, 0.25) is 0 Å². The number of ether oxygens (including phenoxy) is 1. The standard InChI is InChI=1S/C14H21NO3/c1-9(2)13(8-18-4)15-12-7-11(14(16)17)6-5-10(12)3/h5-7,9,13,15H,8H2,1-4H3,(H,16,17). The van der Waals surface area contributed by atoms with Crippen molar-refractivity contribution in [3.05, 3.63) is 29.3 Å². The second-order valence-corrected chi connectivity index (χ2v) is 4.79. The number of aromatic carboxylic acids is 1. The summed E-state index contributed by atoms with van der Waals surface area (Å²) in [4.78, 5) is 11.0. The zero-order chi connectivity index (χ0) is 13.7. The molecule has 0 bridgehead atoms. The molecule has 2 N–H and O–H groups in total.